The standard InChI is InChI=1S/C11H7BrO2/c12-10-5-7(6-13)8-3-1-2-4-9(8)11(10)14/h1-6,14H. The summed E-state index contributed by atoms with van der Waals surface area (Å²) < 4.78 is 0.540. The predicted octanol–water partition coefficient (Wildman–Crippen LogP) is 3.12. The maximum Gasteiger partial charge on any atom is 0.150 e. The molecule has 0 saturated carbocycles. The van der Waals surface area contributed by atoms with Gasteiger partial charge < -0.3 is 5.11 Å². The predicted molar refractivity (Wildman–Crippen MR) is 58.7 cm³/mol. The smallest absolute Gasteiger partial charge is 0.150 e. The van der Waals surface area contributed by atoms with E-state index in [0.717, 1.165) is 11.7 Å². The zero-order valence-corrected chi connectivity index (χ0v) is 8.78. The van der Waals surface area contributed by atoms with Crippen molar-refractivity contribution in [3.63, 3.8) is 0 Å². The molecule has 1 N–H and O–H groups in total. The number of hydrogen-bond donors (Lipinski definition) is 1. The molecule has 0 aromatic heterocycles. The van der Waals surface area contributed by atoms with Gasteiger partial charge in [-0.05, 0) is 27.4 Å². The van der Waals surface area contributed by atoms with Gasteiger partial charge in [0.05, 0.1) is 4.47 Å². The van der Waals surface area contributed by atoms with Crippen molar-refractivity contribution in [2.24, 2.45) is 0 Å². The topological polar surface area (TPSA) is 37.3 Å². The average Bonchev–Trinajstić information content (AvgIpc) is 2.23. The van der Waals surface area contributed by atoms with E-state index in [9.17, 15) is 9.90 Å². The summed E-state index contributed by atoms with van der Waals surface area (Å²) in [5, 5.41) is 11.2. The summed E-state index contributed by atoms with van der Waals surface area (Å²) in [4.78, 5) is 10.8. The minimum absolute atomic E-state index is 0.172. The van der Waals surface area contributed by atoms with Gasteiger partial charge in [0, 0.05) is 10.9 Å². The quantitative estimate of drug-likeness (QED) is 0.790. The lowest BCUT2D eigenvalue weighted by molar-refractivity contribution is 0.112. The molecule has 0 amide bonds. The number of benzene rings is 2. The maximum absolute atomic E-state index is 10.8. The molecule has 0 saturated heterocycles. The van der Waals surface area contributed by atoms with Crippen molar-refractivity contribution in [3.8, 4) is 5.75 Å². The van der Waals surface area contributed by atoms with E-state index in [4.69, 9.17) is 0 Å². The monoisotopic (exact) mass is 250 g/mol. The van der Waals surface area contributed by atoms with E-state index in [2.05, 4.69) is 15.9 Å². The van der Waals surface area contributed by atoms with Crippen LogP contribution in [0, 0.1) is 0 Å². The Labute approximate surface area is 89.3 Å². The van der Waals surface area contributed by atoms with Gasteiger partial charge in [-0.2, -0.15) is 0 Å². The third-order valence-corrected chi connectivity index (χ3v) is 2.73. The first-order valence-corrected chi connectivity index (χ1v) is 4.88. The van der Waals surface area contributed by atoms with Crippen LogP contribution in [0.15, 0.2) is 34.8 Å². The Morgan fingerprint density at radius 3 is 2.50 bits per heavy atom. The van der Waals surface area contributed by atoms with Gasteiger partial charge in [-0.25, -0.2) is 0 Å². The van der Waals surface area contributed by atoms with E-state index in [-0.39, 0.29) is 5.75 Å². The Kier molecular flexibility index (Phi) is 2.25. The van der Waals surface area contributed by atoms with Crippen LogP contribution in [0.2, 0.25) is 0 Å². The Morgan fingerprint density at radius 2 is 1.86 bits per heavy atom. The van der Waals surface area contributed by atoms with E-state index in [1.54, 1.807) is 12.1 Å². The molecule has 0 atom stereocenters. The number of phenols is 1. The van der Waals surface area contributed by atoms with Gasteiger partial charge in [-0.3, -0.25) is 4.79 Å². The fourth-order valence-electron chi connectivity index (χ4n) is 1.45. The molecule has 2 aromatic rings. The highest BCUT2D eigenvalue weighted by Crippen LogP contribution is 2.34. The van der Waals surface area contributed by atoms with Crippen LogP contribution in [0.25, 0.3) is 10.8 Å². The summed E-state index contributed by atoms with van der Waals surface area (Å²) >= 11 is 3.20. The van der Waals surface area contributed by atoms with Gasteiger partial charge in [-0.1, -0.05) is 24.3 Å². The number of hydrogen-bond acceptors (Lipinski definition) is 2. The lowest BCUT2D eigenvalue weighted by Gasteiger charge is -2.05. The first-order valence-electron chi connectivity index (χ1n) is 4.09. The molecule has 0 heterocycles. The van der Waals surface area contributed by atoms with Crippen molar-refractivity contribution in [1.82, 2.24) is 0 Å². The van der Waals surface area contributed by atoms with Gasteiger partial charge in [-0.15, -0.1) is 0 Å². The largest absolute Gasteiger partial charge is 0.506 e. The molecular formula is C11H7BrO2. The van der Waals surface area contributed by atoms with Crippen molar-refractivity contribution < 1.29 is 9.90 Å². The summed E-state index contributed by atoms with van der Waals surface area (Å²) in [6.07, 6.45) is 0.784. The summed E-state index contributed by atoms with van der Waals surface area (Å²) in [6.45, 7) is 0. The molecule has 0 aliphatic rings. The molecule has 0 aliphatic carbocycles. The zero-order chi connectivity index (χ0) is 10.1. The van der Waals surface area contributed by atoms with Crippen molar-refractivity contribution >= 4 is 33.0 Å². The number of phenolic OH excluding ortho intramolecular Hbond substituents is 1. The van der Waals surface area contributed by atoms with Crippen LogP contribution in [0.4, 0.5) is 0 Å². The van der Waals surface area contributed by atoms with E-state index < -0.39 is 0 Å². The molecule has 3 heteroatoms. The molecule has 2 aromatic carbocycles. The SMILES string of the molecule is O=Cc1cc(Br)c(O)c2ccccc12. The van der Waals surface area contributed by atoms with Crippen LogP contribution in [-0.4, -0.2) is 11.4 Å². The number of fused-ring (bicyclic) bond motifs is 1. The molecule has 0 unspecified atom stereocenters. The maximum atomic E-state index is 10.8. The highest BCUT2D eigenvalue weighted by atomic mass is 79.9. The van der Waals surface area contributed by atoms with Crippen LogP contribution in [0.3, 0.4) is 0 Å². The fourth-order valence-corrected chi connectivity index (χ4v) is 1.91. The highest BCUT2D eigenvalue weighted by molar-refractivity contribution is 9.10. The van der Waals surface area contributed by atoms with Crippen molar-refractivity contribution in [2.45, 2.75) is 0 Å². The highest BCUT2D eigenvalue weighted by Gasteiger charge is 2.07. The van der Waals surface area contributed by atoms with E-state index in [0.29, 0.717) is 15.4 Å². The van der Waals surface area contributed by atoms with Gasteiger partial charge in [0.15, 0.2) is 6.29 Å². The minimum atomic E-state index is 0.172. The van der Waals surface area contributed by atoms with Crippen molar-refractivity contribution in [2.75, 3.05) is 0 Å². The normalized spacial score (nSPS) is 10.4. The van der Waals surface area contributed by atoms with Crippen molar-refractivity contribution in [1.29, 1.82) is 0 Å². The number of aldehydes is 1. The molecule has 0 spiro atoms. The van der Waals surface area contributed by atoms with Gasteiger partial charge in [0.2, 0.25) is 0 Å². The summed E-state index contributed by atoms with van der Waals surface area (Å²) in [7, 11) is 0. The van der Waals surface area contributed by atoms with E-state index in [1.165, 1.54) is 0 Å². The Balaban J connectivity index is 2.96. The lowest BCUT2D eigenvalue weighted by atomic mass is 10.0. The second kappa shape index (κ2) is 3.42. The number of halogens is 1. The summed E-state index contributed by atoms with van der Waals surface area (Å²) in [6, 6.07) is 8.87. The van der Waals surface area contributed by atoms with Crippen LogP contribution in [0.1, 0.15) is 10.4 Å². The summed E-state index contributed by atoms with van der Waals surface area (Å²) in [5.74, 6) is 0.172. The fraction of sp³-hybridized carbons (Fsp3) is 0. The second-order valence-electron chi connectivity index (χ2n) is 2.96. The third-order valence-electron chi connectivity index (χ3n) is 2.13. The summed E-state index contributed by atoms with van der Waals surface area (Å²) in [5.41, 5.74) is 0.574. The second-order valence-corrected chi connectivity index (χ2v) is 3.81. The van der Waals surface area contributed by atoms with Crippen LogP contribution in [0.5, 0.6) is 5.75 Å². The Hall–Kier alpha value is -1.35. The van der Waals surface area contributed by atoms with Crippen molar-refractivity contribution in [3.05, 3.63) is 40.4 Å². The van der Waals surface area contributed by atoms with Gasteiger partial charge in [0.25, 0.3) is 0 Å². The minimum Gasteiger partial charge on any atom is -0.506 e. The first kappa shape index (κ1) is 9.21. The van der Waals surface area contributed by atoms with E-state index >= 15 is 0 Å². The molecule has 2 nitrogen and oxygen atoms in total. The lowest BCUT2D eigenvalue weighted by Crippen LogP contribution is -1.84. The molecule has 0 bridgehead atoms. The molecule has 0 aliphatic heterocycles. The van der Waals surface area contributed by atoms with Crippen LogP contribution in [-0.2, 0) is 0 Å². The first-order chi connectivity index (χ1) is 6.74. The molecule has 70 valence electrons. The van der Waals surface area contributed by atoms with Gasteiger partial charge >= 0.3 is 0 Å². The average molecular weight is 251 g/mol. The van der Waals surface area contributed by atoms with E-state index in [1.807, 2.05) is 18.2 Å². The van der Waals surface area contributed by atoms with Gasteiger partial charge in [0.1, 0.15) is 5.75 Å². The number of aromatic hydroxyl groups is 1. The molecule has 0 radical (unpaired) electrons. The number of carbonyl (C=O) groups excluding carboxylic acids is 1. The Morgan fingerprint density at radius 1 is 1.21 bits per heavy atom. The molecule has 2 rings (SSSR count). The van der Waals surface area contributed by atoms with Crippen LogP contribution < -0.4 is 0 Å². The third kappa shape index (κ3) is 1.30. The number of rotatable bonds is 1. The van der Waals surface area contributed by atoms with Crippen LogP contribution >= 0.6 is 15.9 Å². The number of carbonyl (C=O) groups is 1. The molecular weight excluding hydrogens is 244 g/mol. The Bertz CT molecular complexity index is 506. The molecule has 0 fully saturated rings. The molecule has 14 heavy (non-hydrogen) atoms. The zero-order valence-electron chi connectivity index (χ0n) is 7.20.